The number of aliphatic hydroxyl groups excluding tert-OH is 1. The van der Waals surface area contributed by atoms with Crippen molar-refractivity contribution in [1.29, 1.82) is 0 Å². The number of aromatic nitrogens is 2. The number of hydrogen-bond acceptors (Lipinski definition) is 6. The van der Waals surface area contributed by atoms with E-state index in [1.807, 2.05) is 0 Å². The van der Waals surface area contributed by atoms with Gasteiger partial charge in [0.1, 0.15) is 5.15 Å². The number of β-amino-alcohol motifs (C(OH)–C–C–N with tert-alkyl or cyclic N) is 1. The molecule has 1 aliphatic heterocycles. The maximum absolute atomic E-state index is 11.8. The van der Waals surface area contributed by atoms with E-state index in [9.17, 15) is 9.90 Å². The molecule has 2 heterocycles. The van der Waals surface area contributed by atoms with Crippen LogP contribution in [0.3, 0.4) is 0 Å². The second-order valence-corrected chi connectivity index (χ2v) is 7.98. The highest BCUT2D eigenvalue weighted by atomic mass is 35.5. The predicted molar refractivity (Wildman–Crippen MR) is 112 cm³/mol. The molecule has 0 amide bonds. The summed E-state index contributed by atoms with van der Waals surface area (Å²) in [7, 11) is 0. The van der Waals surface area contributed by atoms with Crippen LogP contribution < -0.4 is 11.3 Å². The number of nitrogens with zero attached hydrogens (tertiary/aromatic N) is 4. The Bertz CT molecular complexity index is 861. The lowest BCUT2D eigenvalue weighted by Gasteiger charge is -2.35. The topological polar surface area (TPSA) is 87.6 Å². The van der Waals surface area contributed by atoms with Gasteiger partial charge >= 0.3 is 0 Å². The van der Waals surface area contributed by atoms with Gasteiger partial charge in [-0.2, -0.15) is 5.10 Å². The summed E-state index contributed by atoms with van der Waals surface area (Å²) in [6.07, 6.45) is -0.698. The minimum Gasteiger partial charge on any atom is -0.396 e. The highest BCUT2D eigenvalue weighted by Gasteiger charge is 2.21. The highest BCUT2D eigenvalue weighted by Crippen LogP contribution is 2.31. The van der Waals surface area contributed by atoms with Crippen molar-refractivity contribution in [1.82, 2.24) is 19.6 Å². The molecule has 28 heavy (non-hydrogen) atoms. The molecule has 1 aromatic heterocycles. The fourth-order valence-electron chi connectivity index (χ4n) is 3.16. The predicted octanol–water partition coefficient (Wildman–Crippen LogP) is 2.14. The molecule has 1 saturated heterocycles. The second kappa shape index (κ2) is 9.43. The maximum atomic E-state index is 11.8. The van der Waals surface area contributed by atoms with Gasteiger partial charge in [0.15, 0.2) is 0 Å². The average Bonchev–Trinajstić information content (AvgIpc) is 2.67. The number of nitrogens with two attached hydrogens (primary N) is 1. The standard InChI is InChI=1S/C18H22Cl3N5O2/c19-13-9-12(10-14(20)18(13)22)15(27)11-25-5-3-24(4-6-25)7-8-26-17(28)2-1-16(21)23-26/h1-2,9-10,15,27H,3-8,11,22H2. The highest BCUT2D eigenvalue weighted by molar-refractivity contribution is 6.38. The van der Waals surface area contributed by atoms with Gasteiger partial charge in [-0.15, -0.1) is 0 Å². The summed E-state index contributed by atoms with van der Waals surface area (Å²) >= 11 is 18.0. The first-order chi connectivity index (χ1) is 13.3. The van der Waals surface area contributed by atoms with E-state index in [4.69, 9.17) is 40.5 Å². The third-order valence-electron chi connectivity index (χ3n) is 4.84. The minimum atomic E-state index is -0.698. The second-order valence-electron chi connectivity index (χ2n) is 6.77. The van der Waals surface area contributed by atoms with Crippen LogP contribution in [0.2, 0.25) is 15.2 Å². The molecule has 3 rings (SSSR count). The number of rotatable bonds is 6. The minimum absolute atomic E-state index is 0.160. The Morgan fingerprint density at radius 1 is 1.04 bits per heavy atom. The Kier molecular flexibility index (Phi) is 7.20. The van der Waals surface area contributed by atoms with E-state index in [1.54, 1.807) is 12.1 Å². The summed E-state index contributed by atoms with van der Waals surface area (Å²) in [5, 5.41) is 15.5. The molecule has 0 aliphatic carbocycles. The van der Waals surface area contributed by atoms with Crippen LogP contribution in [0.1, 0.15) is 11.7 Å². The van der Waals surface area contributed by atoms with Gasteiger partial charge in [-0.05, 0) is 23.8 Å². The SMILES string of the molecule is Nc1c(Cl)cc(C(O)CN2CCN(CCn3nc(Cl)ccc3=O)CC2)cc1Cl. The zero-order valence-corrected chi connectivity index (χ0v) is 17.5. The van der Waals surface area contributed by atoms with Crippen LogP contribution in [-0.2, 0) is 6.54 Å². The fraction of sp³-hybridized carbons (Fsp3) is 0.444. The van der Waals surface area contributed by atoms with Crippen molar-refractivity contribution in [3.05, 3.63) is 55.4 Å². The smallest absolute Gasteiger partial charge is 0.266 e. The van der Waals surface area contributed by atoms with Crippen LogP contribution in [0.4, 0.5) is 5.69 Å². The molecule has 0 saturated carbocycles. The van der Waals surface area contributed by atoms with Crippen molar-refractivity contribution >= 4 is 40.5 Å². The van der Waals surface area contributed by atoms with E-state index >= 15 is 0 Å². The van der Waals surface area contributed by atoms with Crippen LogP contribution >= 0.6 is 34.8 Å². The van der Waals surface area contributed by atoms with E-state index in [1.165, 1.54) is 16.8 Å². The summed E-state index contributed by atoms with van der Waals surface area (Å²) in [5.74, 6) is 0. The van der Waals surface area contributed by atoms with Crippen molar-refractivity contribution in [2.45, 2.75) is 12.6 Å². The van der Waals surface area contributed by atoms with Gasteiger partial charge < -0.3 is 10.8 Å². The molecule has 0 bridgehead atoms. The van der Waals surface area contributed by atoms with Crippen LogP contribution in [-0.4, -0.2) is 64.0 Å². The summed E-state index contributed by atoms with van der Waals surface area (Å²) < 4.78 is 1.38. The Morgan fingerprint density at radius 2 is 1.64 bits per heavy atom. The van der Waals surface area contributed by atoms with E-state index in [2.05, 4.69) is 14.9 Å². The molecular formula is C18H22Cl3N5O2. The van der Waals surface area contributed by atoms with E-state index < -0.39 is 6.10 Å². The number of halogens is 3. The lowest BCUT2D eigenvalue weighted by molar-refractivity contribution is 0.0709. The van der Waals surface area contributed by atoms with Crippen LogP contribution in [0, 0.1) is 0 Å². The molecule has 0 spiro atoms. The summed E-state index contributed by atoms with van der Waals surface area (Å²) in [5.41, 5.74) is 6.56. The molecule has 0 radical (unpaired) electrons. The largest absolute Gasteiger partial charge is 0.396 e. The first kappa shape index (κ1) is 21.4. The first-order valence-electron chi connectivity index (χ1n) is 8.94. The quantitative estimate of drug-likeness (QED) is 0.661. The van der Waals surface area contributed by atoms with Gasteiger partial charge in [0, 0.05) is 45.3 Å². The van der Waals surface area contributed by atoms with Gasteiger partial charge in [0.2, 0.25) is 0 Å². The van der Waals surface area contributed by atoms with Gasteiger partial charge in [-0.1, -0.05) is 34.8 Å². The lowest BCUT2D eigenvalue weighted by atomic mass is 10.1. The number of hydrogen-bond donors (Lipinski definition) is 2. The van der Waals surface area contributed by atoms with E-state index in [-0.39, 0.29) is 5.56 Å². The molecular weight excluding hydrogens is 425 g/mol. The van der Waals surface area contributed by atoms with Crippen LogP contribution in [0.15, 0.2) is 29.1 Å². The van der Waals surface area contributed by atoms with Crippen molar-refractivity contribution < 1.29 is 5.11 Å². The van der Waals surface area contributed by atoms with Gasteiger partial charge in [-0.3, -0.25) is 14.6 Å². The Labute approximate surface area is 178 Å². The number of benzene rings is 1. The molecule has 1 atom stereocenters. The molecule has 7 nitrogen and oxygen atoms in total. The maximum Gasteiger partial charge on any atom is 0.266 e. The third-order valence-corrected chi connectivity index (χ3v) is 5.67. The molecule has 2 aromatic rings. The first-order valence-corrected chi connectivity index (χ1v) is 10.1. The zero-order chi connectivity index (χ0) is 20.3. The van der Waals surface area contributed by atoms with Crippen LogP contribution in [0.25, 0.3) is 0 Å². The third kappa shape index (κ3) is 5.37. The lowest BCUT2D eigenvalue weighted by Crippen LogP contribution is -2.48. The Morgan fingerprint density at radius 3 is 2.29 bits per heavy atom. The molecule has 10 heteroatoms. The number of piperazine rings is 1. The zero-order valence-electron chi connectivity index (χ0n) is 15.2. The molecule has 1 aromatic carbocycles. The normalized spacial score (nSPS) is 17.0. The van der Waals surface area contributed by atoms with Gasteiger partial charge in [-0.25, -0.2) is 4.68 Å². The molecule has 1 aliphatic rings. The Hall–Kier alpha value is -1.35. The number of anilines is 1. The summed E-state index contributed by atoms with van der Waals surface area (Å²) in [4.78, 5) is 16.2. The van der Waals surface area contributed by atoms with E-state index in [0.717, 1.165) is 26.2 Å². The Balaban J connectivity index is 1.49. The molecule has 152 valence electrons. The number of aliphatic hydroxyl groups is 1. The summed E-state index contributed by atoms with van der Waals surface area (Å²) in [6.45, 7) is 4.99. The van der Waals surface area contributed by atoms with Crippen molar-refractivity contribution in [2.24, 2.45) is 0 Å². The number of nitrogen functional groups attached to an aromatic ring is 1. The molecule has 1 unspecified atom stereocenters. The van der Waals surface area contributed by atoms with E-state index in [0.29, 0.717) is 46.1 Å². The summed E-state index contributed by atoms with van der Waals surface area (Å²) in [6, 6.07) is 6.22. The van der Waals surface area contributed by atoms with Crippen LogP contribution in [0.5, 0.6) is 0 Å². The fourth-order valence-corrected chi connectivity index (χ4v) is 3.82. The average molecular weight is 447 g/mol. The van der Waals surface area contributed by atoms with Gasteiger partial charge in [0.05, 0.1) is 28.4 Å². The molecule has 1 fully saturated rings. The molecule has 3 N–H and O–H groups in total. The van der Waals surface area contributed by atoms with Crippen molar-refractivity contribution in [2.75, 3.05) is 45.0 Å². The van der Waals surface area contributed by atoms with Crippen molar-refractivity contribution in [3.8, 4) is 0 Å². The van der Waals surface area contributed by atoms with Gasteiger partial charge in [0.25, 0.3) is 5.56 Å². The van der Waals surface area contributed by atoms with Crippen molar-refractivity contribution in [3.63, 3.8) is 0 Å². The monoisotopic (exact) mass is 445 g/mol.